The van der Waals surface area contributed by atoms with E-state index >= 15 is 0 Å². The Morgan fingerprint density at radius 1 is 1.11 bits per heavy atom. The Balaban J connectivity index is 1.47. The first kappa shape index (κ1) is 26.0. The number of carbonyl (C=O) groups is 1. The molecular weight excluding hydrogens is 476 g/mol. The molecule has 2 aliphatic heterocycles. The number of hydrogen-bond acceptors (Lipinski definition) is 5. The molecule has 0 radical (unpaired) electrons. The van der Waals surface area contributed by atoms with E-state index in [0.717, 1.165) is 24.7 Å². The van der Waals surface area contributed by atoms with Crippen molar-refractivity contribution < 1.29 is 27.1 Å². The summed E-state index contributed by atoms with van der Waals surface area (Å²) >= 11 is 0. The van der Waals surface area contributed by atoms with Gasteiger partial charge in [-0.15, -0.1) is 0 Å². The lowest BCUT2D eigenvalue weighted by Gasteiger charge is -2.33. The second kappa shape index (κ2) is 10.1. The first-order chi connectivity index (χ1) is 17.0. The molecule has 1 amide bonds. The number of carbonyl (C=O) groups excluding carboxylic acids is 1. The van der Waals surface area contributed by atoms with Crippen molar-refractivity contribution in [3.05, 3.63) is 76.7 Å². The normalized spacial score (nSPS) is 21.9. The zero-order chi connectivity index (χ0) is 26.1. The van der Waals surface area contributed by atoms with Gasteiger partial charge in [0, 0.05) is 44.4 Å². The third kappa shape index (κ3) is 5.66. The van der Waals surface area contributed by atoms with Gasteiger partial charge in [0.25, 0.3) is 5.91 Å². The van der Waals surface area contributed by atoms with Crippen LogP contribution in [0.4, 0.5) is 17.6 Å². The van der Waals surface area contributed by atoms with Crippen LogP contribution in [0.1, 0.15) is 46.5 Å². The van der Waals surface area contributed by atoms with Gasteiger partial charge in [-0.25, -0.2) is 4.39 Å². The third-order valence-corrected chi connectivity index (χ3v) is 6.45. The van der Waals surface area contributed by atoms with Crippen molar-refractivity contribution in [2.45, 2.75) is 31.3 Å². The van der Waals surface area contributed by atoms with Crippen LogP contribution in [0, 0.1) is 5.82 Å². The monoisotopic (exact) mass is 504 g/mol. The highest BCUT2D eigenvalue weighted by Crippen LogP contribution is 2.39. The van der Waals surface area contributed by atoms with E-state index in [2.05, 4.69) is 9.89 Å². The maximum absolute atomic E-state index is 14.0. The molecule has 1 fully saturated rings. The van der Waals surface area contributed by atoms with Crippen molar-refractivity contribution in [1.29, 1.82) is 0 Å². The Kier molecular flexibility index (Phi) is 7.31. The number of aliphatic imine (C=N–C) groups is 1. The van der Waals surface area contributed by atoms with Crippen LogP contribution in [0.25, 0.3) is 5.57 Å². The van der Waals surface area contributed by atoms with Crippen LogP contribution in [-0.2, 0) is 10.9 Å². The molecule has 2 unspecified atom stereocenters. The molecule has 4 rings (SSSR count). The number of benzene rings is 2. The van der Waals surface area contributed by atoms with Gasteiger partial charge in [-0.3, -0.25) is 15.5 Å². The van der Waals surface area contributed by atoms with Crippen LogP contribution in [0.2, 0.25) is 0 Å². The van der Waals surface area contributed by atoms with Crippen LogP contribution >= 0.6 is 0 Å². The van der Waals surface area contributed by atoms with Gasteiger partial charge in [-0.1, -0.05) is 24.3 Å². The van der Waals surface area contributed by atoms with E-state index in [1.807, 2.05) is 11.9 Å². The molecule has 1 saturated heterocycles. The lowest BCUT2D eigenvalue weighted by Crippen LogP contribution is -2.47. The number of alkyl halides is 3. The molecule has 192 valence electrons. The molecule has 36 heavy (non-hydrogen) atoms. The van der Waals surface area contributed by atoms with Gasteiger partial charge >= 0.3 is 6.18 Å². The van der Waals surface area contributed by atoms with Gasteiger partial charge in [0.1, 0.15) is 5.82 Å². The summed E-state index contributed by atoms with van der Waals surface area (Å²) in [6.45, 7) is 4.38. The number of halogens is 4. The van der Waals surface area contributed by atoms with Crippen LogP contribution in [0.3, 0.4) is 0 Å². The number of amides is 1. The lowest BCUT2D eigenvalue weighted by atomic mass is 9.94. The second-order valence-corrected chi connectivity index (χ2v) is 9.20. The number of likely N-dealkylation sites (N-methyl/N-ethyl adjacent to an activating group) is 1. The van der Waals surface area contributed by atoms with E-state index in [4.69, 9.17) is 10.5 Å². The minimum atomic E-state index is -4.88. The minimum Gasteiger partial charge on any atom is -0.348 e. The molecular formula is C26H28F4N4O2. The second-order valence-electron chi connectivity index (χ2n) is 9.20. The Labute approximate surface area is 207 Å². The number of rotatable bonds is 5. The molecule has 2 atom stereocenters. The fraction of sp³-hybridized carbons (Fsp3) is 0.385. The number of piperazine rings is 1. The zero-order valence-corrected chi connectivity index (χ0v) is 20.1. The molecule has 0 aliphatic carbocycles. The highest BCUT2D eigenvalue weighted by atomic mass is 19.4. The van der Waals surface area contributed by atoms with Gasteiger partial charge < -0.3 is 14.5 Å². The Morgan fingerprint density at radius 2 is 1.78 bits per heavy atom. The van der Waals surface area contributed by atoms with Crippen molar-refractivity contribution >= 4 is 17.7 Å². The molecule has 0 bridgehead atoms. The molecule has 0 aromatic heterocycles. The van der Waals surface area contributed by atoms with Crippen molar-refractivity contribution in [2.75, 3.05) is 33.2 Å². The first-order valence-electron chi connectivity index (χ1n) is 11.6. The summed E-state index contributed by atoms with van der Waals surface area (Å²) in [5, 5.41) is 0. The summed E-state index contributed by atoms with van der Waals surface area (Å²) in [4.78, 5) is 20.9. The third-order valence-electron chi connectivity index (χ3n) is 6.45. The number of nitrogens with two attached hydrogens (primary N) is 1. The molecule has 2 N–H and O–H groups in total. The quantitative estimate of drug-likeness (QED) is 0.482. The van der Waals surface area contributed by atoms with E-state index in [1.165, 1.54) is 25.3 Å². The van der Waals surface area contributed by atoms with Crippen LogP contribution in [0.5, 0.6) is 0 Å². The molecule has 2 aliphatic rings. The van der Waals surface area contributed by atoms with Crippen LogP contribution < -0.4 is 5.73 Å². The van der Waals surface area contributed by atoms with E-state index in [1.54, 1.807) is 30.5 Å². The van der Waals surface area contributed by atoms with Crippen LogP contribution in [0.15, 0.2) is 53.7 Å². The number of ether oxygens (including phenoxy) is 1. The summed E-state index contributed by atoms with van der Waals surface area (Å²) in [5.41, 5.74) is 5.16. The van der Waals surface area contributed by atoms with E-state index in [-0.39, 0.29) is 17.9 Å². The van der Waals surface area contributed by atoms with Crippen molar-refractivity contribution in [1.82, 2.24) is 9.80 Å². The van der Waals surface area contributed by atoms with Gasteiger partial charge in [0.15, 0.2) is 5.72 Å². The maximum atomic E-state index is 14.0. The maximum Gasteiger partial charge on any atom is 0.419 e. The fourth-order valence-corrected chi connectivity index (χ4v) is 4.48. The average molecular weight is 505 g/mol. The Morgan fingerprint density at radius 3 is 2.42 bits per heavy atom. The van der Waals surface area contributed by atoms with E-state index in [9.17, 15) is 22.4 Å². The first-order valence-corrected chi connectivity index (χ1v) is 11.6. The summed E-state index contributed by atoms with van der Waals surface area (Å²) in [6, 6.07) is 10.2. The molecule has 2 aromatic carbocycles. The minimum absolute atomic E-state index is 0.0359. The summed E-state index contributed by atoms with van der Waals surface area (Å²) in [7, 11) is 2.02. The molecule has 6 nitrogen and oxygen atoms in total. The molecule has 2 aromatic rings. The largest absolute Gasteiger partial charge is 0.419 e. The predicted octanol–water partition coefficient (Wildman–Crippen LogP) is 4.48. The highest BCUT2D eigenvalue weighted by molar-refractivity contribution is 5.94. The molecule has 0 spiro atoms. The van der Waals surface area contributed by atoms with Gasteiger partial charge in [0.05, 0.1) is 17.9 Å². The predicted molar refractivity (Wildman–Crippen MR) is 129 cm³/mol. The van der Waals surface area contributed by atoms with E-state index < -0.39 is 29.4 Å². The highest BCUT2D eigenvalue weighted by Gasteiger charge is 2.39. The van der Waals surface area contributed by atoms with Crippen molar-refractivity contribution in [2.24, 2.45) is 10.7 Å². The molecule has 2 heterocycles. The summed E-state index contributed by atoms with van der Waals surface area (Å²) in [6.07, 6.45) is -2.99. The number of nitrogens with zero attached hydrogens (tertiary/aromatic N) is 3. The Bertz CT molecular complexity index is 1170. The number of hydrogen-bond donors (Lipinski definition) is 1. The van der Waals surface area contributed by atoms with E-state index in [0.29, 0.717) is 24.2 Å². The van der Waals surface area contributed by atoms with Crippen molar-refractivity contribution in [3.63, 3.8) is 0 Å². The van der Waals surface area contributed by atoms with Crippen LogP contribution in [-0.4, -0.2) is 60.9 Å². The lowest BCUT2D eigenvalue weighted by molar-refractivity contribution is -0.142. The molecule has 0 saturated carbocycles. The summed E-state index contributed by atoms with van der Waals surface area (Å²) in [5.74, 6) is -1.41. The topological polar surface area (TPSA) is 71.2 Å². The smallest absolute Gasteiger partial charge is 0.348 e. The molecule has 10 heteroatoms. The zero-order valence-electron chi connectivity index (χ0n) is 20.1. The SMILES string of the molecule is CC(OC1(N)C=NC=C(c2ccc(C(=O)N3CCN(C)CC3)cc2)C1)c1cccc(F)c1C(F)(F)F. The van der Waals surface area contributed by atoms with Gasteiger partial charge in [-0.2, -0.15) is 13.2 Å². The standard InChI is InChI=1S/C26H28F4N4O2/c1-17(21-4-3-5-22(27)23(21)26(28,29)30)36-25(31)14-20(15-32-16-25)18-6-8-19(9-7-18)24(35)34-12-10-33(2)11-13-34/h3-9,15-17H,10-14,31H2,1-2H3. The van der Waals surface area contributed by atoms with Crippen molar-refractivity contribution in [3.8, 4) is 0 Å². The van der Waals surface area contributed by atoms with Gasteiger partial charge in [-0.05, 0) is 48.9 Å². The fourth-order valence-electron chi connectivity index (χ4n) is 4.48. The Hall–Kier alpha value is -3.08. The van der Waals surface area contributed by atoms with Gasteiger partial charge in [0.2, 0.25) is 0 Å². The summed E-state index contributed by atoms with van der Waals surface area (Å²) < 4.78 is 60.2. The average Bonchev–Trinajstić information content (AvgIpc) is 2.83.